The molecular weight excluding hydrogens is 402 g/mol. The first-order chi connectivity index (χ1) is 15.3. The average molecular weight is 430 g/mol. The second-order valence-corrected chi connectivity index (χ2v) is 8.62. The zero-order chi connectivity index (χ0) is 22.7. The lowest BCUT2D eigenvalue weighted by molar-refractivity contribution is 0.0541. The molecule has 4 aromatic rings. The molecule has 5 heteroatoms. The number of nitrogens with zero attached hydrogens (tertiary/aromatic N) is 1. The number of benzene rings is 3. The largest absolute Gasteiger partial charge is 0.485 e. The number of aryl methyl sites for hydroxylation is 1. The van der Waals surface area contributed by atoms with Gasteiger partial charge in [0.15, 0.2) is 17.2 Å². The first kappa shape index (κ1) is 21.5. The van der Waals surface area contributed by atoms with Crippen molar-refractivity contribution in [2.45, 2.75) is 39.9 Å². The van der Waals surface area contributed by atoms with Crippen LogP contribution >= 0.6 is 0 Å². The maximum Gasteiger partial charge on any atom is 0.419 e. The Hall–Kier alpha value is -3.73. The summed E-state index contributed by atoms with van der Waals surface area (Å²) in [7, 11) is 0. The molecule has 5 nitrogen and oxygen atoms in total. The van der Waals surface area contributed by atoms with Crippen LogP contribution in [0.5, 0.6) is 17.2 Å². The van der Waals surface area contributed by atoms with Crippen LogP contribution in [0, 0.1) is 6.92 Å². The SMILES string of the molecule is Cc1cc2cccc(Oc3ccccc3OCc3ccccc3)c2n1C(=O)OC(C)(C)C. The van der Waals surface area contributed by atoms with E-state index in [1.807, 2.05) is 107 Å². The summed E-state index contributed by atoms with van der Waals surface area (Å²) in [5.74, 6) is 1.75. The fourth-order valence-electron chi connectivity index (χ4n) is 3.49. The zero-order valence-corrected chi connectivity index (χ0v) is 18.8. The van der Waals surface area contributed by atoms with Crippen LogP contribution in [0.4, 0.5) is 4.79 Å². The van der Waals surface area contributed by atoms with E-state index in [0.29, 0.717) is 29.4 Å². The maximum atomic E-state index is 12.9. The summed E-state index contributed by atoms with van der Waals surface area (Å²) in [5.41, 5.74) is 1.91. The van der Waals surface area contributed by atoms with E-state index in [1.165, 1.54) is 0 Å². The minimum Gasteiger partial charge on any atom is -0.485 e. The first-order valence-electron chi connectivity index (χ1n) is 10.6. The minimum atomic E-state index is -0.603. The molecule has 4 rings (SSSR count). The molecule has 0 atom stereocenters. The normalized spacial score (nSPS) is 11.4. The summed E-state index contributed by atoms with van der Waals surface area (Å²) in [6.45, 7) is 7.86. The zero-order valence-electron chi connectivity index (χ0n) is 18.8. The second kappa shape index (κ2) is 8.79. The Bertz CT molecular complexity index is 1240. The highest BCUT2D eigenvalue weighted by Gasteiger charge is 2.23. The minimum absolute atomic E-state index is 0.429. The number of para-hydroxylation sites is 3. The summed E-state index contributed by atoms with van der Waals surface area (Å²) in [5, 5.41) is 0.897. The van der Waals surface area contributed by atoms with Crippen LogP contribution in [-0.2, 0) is 11.3 Å². The highest BCUT2D eigenvalue weighted by molar-refractivity contribution is 5.95. The van der Waals surface area contributed by atoms with E-state index in [0.717, 1.165) is 16.6 Å². The van der Waals surface area contributed by atoms with Crippen molar-refractivity contribution in [1.29, 1.82) is 0 Å². The molecule has 0 amide bonds. The molecule has 0 fully saturated rings. The van der Waals surface area contributed by atoms with Crippen LogP contribution in [-0.4, -0.2) is 16.3 Å². The van der Waals surface area contributed by atoms with Gasteiger partial charge in [-0.2, -0.15) is 0 Å². The third-order valence-corrected chi connectivity index (χ3v) is 4.85. The summed E-state index contributed by atoms with van der Waals surface area (Å²) in [4.78, 5) is 12.9. The number of ether oxygens (including phenoxy) is 3. The smallest absolute Gasteiger partial charge is 0.419 e. The first-order valence-corrected chi connectivity index (χ1v) is 10.6. The van der Waals surface area contributed by atoms with E-state index in [1.54, 1.807) is 4.57 Å². The van der Waals surface area contributed by atoms with E-state index < -0.39 is 11.7 Å². The Balaban J connectivity index is 1.68. The number of rotatable bonds is 5. The summed E-state index contributed by atoms with van der Waals surface area (Å²) < 4.78 is 19.5. The highest BCUT2D eigenvalue weighted by Crippen LogP contribution is 2.37. The van der Waals surface area contributed by atoms with Crippen molar-refractivity contribution in [2.24, 2.45) is 0 Å². The van der Waals surface area contributed by atoms with Crippen molar-refractivity contribution in [2.75, 3.05) is 0 Å². The number of hydrogen-bond donors (Lipinski definition) is 0. The Morgan fingerprint density at radius 1 is 0.844 bits per heavy atom. The number of carbonyl (C=O) groups excluding carboxylic acids is 1. The molecule has 1 heterocycles. The van der Waals surface area contributed by atoms with Gasteiger partial charge < -0.3 is 14.2 Å². The number of aromatic nitrogens is 1. The Kier molecular flexibility index (Phi) is 5.91. The summed E-state index contributed by atoms with van der Waals surface area (Å²) >= 11 is 0. The van der Waals surface area contributed by atoms with Crippen molar-refractivity contribution in [3.63, 3.8) is 0 Å². The van der Waals surface area contributed by atoms with Gasteiger partial charge in [-0.05, 0) is 57.5 Å². The predicted octanol–water partition coefficient (Wildman–Crippen LogP) is 7.10. The molecule has 164 valence electrons. The van der Waals surface area contributed by atoms with E-state index >= 15 is 0 Å². The number of fused-ring (bicyclic) bond motifs is 1. The van der Waals surface area contributed by atoms with Gasteiger partial charge in [0.05, 0.1) is 0 Å². The van der Waals surface area contributed by atoms with Gasteiger partial charge in [0, 0.05) is 11.1 Å². The summed E-state index contributed by atoms with van der Waals surface area (Å²) in [6, 6.07) is 25.1. The van der Waals surface area contributed by atoms with Crippen molar-refractivity contribution in [3.8, 4) is 17.2 Å². The molecule has 0 radical (unpaired) electrons. The fraction of sp³-hybridized carbons (Fsp3) is 0.222. The average Bonchev–Trinajstić information content (AvgIpc) is 3.09. The van der Waals surface area contributed by atoms with Crippen molar-refractivity contribution < 1.29 is 19.0 Å². The molecule has 0 saturated carbocycles. The molecule has 0 aliphatic rings. The van der Waals surface area contributed by atoms with Crippen LogP contribution in [0.25, 0.3) is 10.9 Å². The standard InChI is InChI=1S/C27H27NO4/c1-19-17-21-13-10-16-24(25(21)28(19)26(29)32-27(2,3)4)31-23-15-9-8-14-22(23)30-18-20-11-6-5-7-12-20/h5-17H,18H2,1-4H3. The molecule has 0 aliphatic carbocycles. The third kappa shape index (κ3) is 4.78. The monoisotopic (exact) mass is 429 g/mol. The van der Waals surface area contributed by atoms with Gasteiger partial charge >= 0.3 is 6.09 Å². The van der Waals surface area contributed by atoms with Crippen LogP contribution < -0.4 is 9.47 Å². The molecule has 0 unspecified atom stereocenters. The lowest BCUT2D eigenvalue weighted by atomic mass is 10.2. The molecule has 32 heavy (non-hydrogen) atoms. The van der Waals surface area contributed by atoms with E-state index in [4.69, 9.17) is 14.2 Å². The number of hydrogen-bond acceptors (Lipinski definition) is 4. The molecule has 0 bridgehead atoms. The van der Waals surface area contributed by atoms with Crippen LogP contribution in [0.15, 0.2) is 78.9 Å². The van der Waals surface area contributed by atoms with Crippen LogP contribution in [0.1, 0.15) is 32.0 Å². The molecule has 1 aromatic heterocycles. The second-order valence-electron chi connectivity index (χ2n) is 8.62. The van der Waals surface area contributed by atoms with Gasteiger partial charge in [0.2, 0.25) is 0 Å². The lowest BCUT2D eigenvalue weighted by Gasteiger charge is -2.21. The molecule has 0 aliphatic heterocycles. The topological polar surface area (TPSA) is 49.7 Å². The summed E-state index contributed by atoms with van der Waals surface area (Å²) in [6.07, 6.45) is -0.435. The fourth-order valence-corrected chi connectivity index (χ4v) is 3.49. The molecule has 0 spiro atoms. The van der Waals surface area contributed by atoms with Crippen LogP contribution in [0.3, 0.4) is 0 Å². The molecule has 0 saturated heterocycles. The molecule has 3 aromatic carbocycles. The van der Waals surface area contributed by atoms with Gasteiger partial charge in [-0.15, -0.1) is 0 Å². The van der Waals surface area contributed by atoms with Gasteiger partial charge in [-0.3, -0.25) is 0 Å². The Morgan fingerprint density at radius 2 is 1.50 bits per heavy atom. The van der Waals surface area contributed by atoms with E-state index in [2.05, 4.69) is 0 Å². The van der Waals surface area contributed by atoms with Crippen LogP contribution in [0.2, 0.25) is 0 Å². The number of carbonyl (C=O) groups is 1. The maximum absolute atomic E-state index is 12.9. The van der Waals surface area contributed by atoms with Gasteiger partial charge in [0.25, 0.3) is 0 Å². The molecular formula is C27H27NO4. The van der Waals surface area contributed by atoms with Gasteiger partial charge in [-0.25, -0.2) is 9.36 Å². The van der Waals surface area contributed by atoms with Crippen molar-refractivity contribution in [1.82, 2.24) is 4.57 Å². The van der Waals surface area contributed by atoms with E-state index in [-0.39, 0.29) is 0 Å². The predicted molar refractivity (Wildman–Crippen MR) is 126 cm³/mol. The highest BCUT2D eigenvalue weighted by atomic mass is 16.6. The Labute approximate surface area is 188 Å². The lowest BCUT2D eigenvalue weighted by Crippen LogP contribution is -2.27. The van der Waals surface area contributed by atoms with Crippen molar-refractivity contribution >= 4 is 17.0 Å². The van der Waals surface area contributed by atoms with Crippen molar-refractivity contribution in [3.05, 3.63) is 90.1 Å². The van der Waals surface area contributed by atoms with Gasteiger partial charge in [-0.1, -0.05) is 54.6 Å². The third-order valence-electron chi connectivity index (χ3n) is 4.85. The van der Waals surface area contributed by atoms with Gasteiger partial charge in [0.1, 0.15) is 17.7 Å². The quantitative estimate of drug-likeness (QED) is 0.339. The van der Waals surface area contributed by atoms with E-state index in [9.17, 15) is 4.79 Å². The Morgan fingerprint density at radius 3 is 2.22 bits per heavy atom. The molecule has 0 N–H and O–H groups in total.